The number of anilines is 1. The van der Waals surface area contributed by atoms with Gasteiger partial charge in [0, 0.05) is 21.6 Å². The molecule has 0 fully saturated rings. The first-order valence-corrected chi connectivity index (χ1v) is 8.66. The second-order valence-corrected chi connectivity index (χ2v) is 7.77. The van der Waals surface area contributed by atoms with Crippen LogP contribution in [0.3, 0.4) is 0 Å². The molecule has 0 aliphatic carbocycles. The van der Waals surface area contributed by atoms with Crippen molar-refractivity contribution in [1.29, 1.82) is 0 Å². The van der Waals surface area contributed by atoms with Gasteiger partial charge in [-0.15, -0.1) is 11.3 Å². The fourth-order valence-corrected chi connectivity index (χ4v) is 4.60. The van der Waals surface area contributed by atoms with Crippen molar-refractivity contribution in [3.05, 3.63) is 45.7 Å². The molecule has 0 spiro atoms. The number of hydrogen-bond acceptors (Lipinski definition) is 4. The molecule has 7 heteroatoms. The van der Waals surface area contributed by atoms with Gasteiger partial charge in [0.1, 0.15) is 4.21 Å². The van der Waals surface area contributed by atoms with Crippen LogP contribution in [0.1, 0.15) is 18.5 Å². The normalized spacial score (nSPS) is 13.4. The number of sulfonamides is 1. The van der Waals surface area contributed by atoms with Crippen LogP contribution >= 0.6 is 27.3 Å². The fourth-order valence-electron chi connectivity index (χ4n) is 1.65. The minimum atomic E-state index is -3.54. The van der Waals surface area contributed by atoms with E-state index in [0.29, 0.717) is 5.69 Å². The Morgan fingerprint density at radius 3 is 2.63 bits per heavy atom. The number of nitrogens with two attached hydrogens (primary N) is 1. The topological polar surface area (TPSA) is 72.2 Å². The molecular weight excluding hydrogens is 348 g/mol. The maximum absolute atomic E-state index is 12.2. The molecule has 0 aliphatic rings. The van der Waals surface area contributed by atoms with Crippen LogP contribution in [0, 0.1) is 0 Å². The summed E-state index contributed by atoms with van der Waals surface area (Å²) in [5.74, 6) is 0. The molecule has 3 N–H and O–H groups in total. The predicted octanol–water partition coefficient (Wildman–Crippen LogP) is 3.13. The second-order valence-electron chi connectivity index (χ2n) is 4.06. The van der Waals surface area contributed by atoms with Crippen molar-refractivity contribution in [2.75, 3.05) is 5.73 Å². The van der Waals surface area contributed by atoms with E-state index in [-0.39, 0.29) is 10.3 Å². The van der Waals surface area contributed by atoms with Gasteiger partial charge in [-0.2, -0.15) is 0 Å². The third-order valence-electron chi connectivity index (χ3n) is 2.56. The minimum Gasteiger partial charge on any atom is -0.398 e. The smallest absolute Gasteiger partial charge is 0.250 e. The van der Waals surface area contributed by atoms with E-state index in [1.165, 1.54) is 6.07 Å². The van der Waals surface area contributed by atoms with Gasteiger partial charge in [0.2, 0.25) is 0 Å². The quantitative estimate of drug-likeness (QED) is 0.879. The Bertz CT molecular complexity index is 683. The molecule has 0 saturated heterocycles. The Balaban J connectivity index is 2.24. The summed E-state index contributed by atoms with van der Waals surface area (Å²) in [5.41, 5.74) is 6.89. The molecule has 1 aromatic carbocycles. The van der Waals surface area contributed by atoms with Crippen molar-refractivity contribution >= 4 is 43.0 Å². The van der Waals surface area contributed by atoms with Crippen LogP contribution in [0.4, 0.5) is 5.69 Å². The van der Waals surface area contributed by atoms with E-state index in [9.17, 15) is 8.42 Å². The van der Waals surface area contributed by atoms with Crippen LogP contribution in [0.5, 0.6) is 0 Å². The van der Waals surface area contributed by atoms with Crippen LogP contribution in [0.15, 0.2) is 44.4 Å². The molecule has 0 saturated carbocycles. The Morgan fingerprint density at radius 1 is 1.37 bits per heavy atom. The highest BCUT2D eigenvalue weighted by Crippen LogP contribution is 2.26. The number of halogens is 1. The highest BCUT2D eigenvalue weighted by atomic mass is 79.9. The van der Waals surface area contributed by atoms with E-state index < -0.39 is 10.0 Å². The number of hydrogen-bond donors (Lipinski definition) is 2. The van der Waals surface area contributed by atoms with E-state index >= 15 is 0 Å². The molecule has 2 aromatic rings. The summed E-state index contributed by atoms with van der Waals surface area (Å²) in [4.78, 5) is 0. The van der Waals surface area contributed by atoms with Gasteiger partial charge in [-0.3, -0.25) is 0 Å². The van der Waals surface area contributed by atoms with E-state index in [4.69, 9.17) is 5.73 Å². The first kappa shape index (κ1) is 14.5. The zero-order chi connectivity index (χ0) is 14.0. The molecule has 1 unspecified atom stereocenters. The maximum atomic E-state index is 12.2. The molecule has 0 radical (unpaired) electrons. The molecule has 4 nitrogen and oxygen atoms in total. The van der Waals surface area contributed by atoms with Crippen molar-refractivity contribution < 1.29 is 8.42 Å². The molecule has 1 aromatic heterocycles. The number of nitrogen functional groups attached to an aromatic ring is 1. The third kappa shape index (κ3) is 3.36. The fraction of sp³-hybridized carbons (Fsp3) is 0.167. The zero-order valence-electron chi connectivity index (χ0n) is 10.1. The van der Waals surface area contributed by atoms with Gasteiger partial charge in [0.15, 0.2) is 0 Å². The van der Waals surface area contributed by atoms with Gasteiger partial charge < -0.3 is 5.73 Å². The molecule has 0 amide bonds. The maximum Gasteiger partial charge on any atom is 0.250 e. The summed E-state index contributed by atoms with van der Waals surface area (Å²) >= 11 is 4.52. The SMILES string of the molecule is CC(NS(=O)(=O)c1cc(N)cs1)c1ccccc1Br. The summed E-state index contributed by atoms with van der Waals surface area (Å²) in [6.07, 6.45) is 0. The van der Waals surface area contributed by atoms with E-state index in [0.717, 1.165) is 21.4 Å². The Hall–Kier alpha value is -0.890. The highest BCUT2D eigenvalue weighted by molar-refractivity contribution is 9.10. The number of nitrogens with one attached hydrogen (secondary N) is 1. The lowest BCUT2D eigenvalue weighted by molar-refractivity contribution is 0.568. The molecule has 0 bridgehead atoms. The molecule has 1 atom stereocenters. The highest BCUT2D eigenvalue weighted by Gasteiger charge is 2.21. The summed E-state index contributed by atoms with van der Waals surface area (Å²) in [5, 5.41) is 1.61. The van der Waals surface area contributed by atoms with Crippen molar-refractivity contribution in [2.45, 2.75) is 17.2 Å². The first-order valence-electron chi connectivity index (χ1n) is 5.51. The van der Waals surface area contributed by atoms with E-state index in [1.54, 1.807) is 12.3 Å². The second kappa shape index (κ2) is 5.62. The van der Waals surface area contributed by atoms with E-state index in [1.807, 2.05) is 24.3 Å². The van der Waals surface area contributed by atoms with Crippen molar-refractivity contribution in [1.82, 2.24) is 4.72 Å². The third-order valence-corrected chi connectivity index (χ3v) is 6.28. The average molecular weight is 361 g/mol. The predicted molar refractivity (Wildman–Crippen MR) is 81.6 cm³/mol. The summed E-state index contributed by atoms with van der Waals surface area (Å²) in [6, 6.07) is 8.63. The van der Waals surface area contributed by atoms with Crippen molar-refractivity contribution in [2.24, 2.45) is 0 Å². The van der Waals surface area contributed by atoms with Crippen molar-refractivity contribution in [3.8, 4) is 0 Å². The Morgan fingerprint density at radius 2 is 2.05 bits per heavy atom. The number of thiophene rings is 1. The van der Waals surface area contributed by atoms with Crippen LogP contribution in [-0.4, -0.2) is 8.42 Å². The van der Waals surface area contributed by atoms with Crippen LogP contribution in [-0.2, 0) is 10.0 Å². The van der Waals surface area contributed by atoms with Crippen LogP contribution < -0.4 is 10.5 Å². The summed E-state index contributed by atoms with van der Waals surface area (Å²) in [7, 11) is -3.54. The standard InChI is InChI=1S/C12H13BrN2O2S2/c1-8(10-4-2-3-5-11(10)13)15-19(16,17)12-6-9(14)7-18-12/h2-8,15H,14H2,1H3. The van der Waals surface area contributed by atoms with Gasteiger partial charge in [0.05, 0.1) is 0 Å². The lowest BCUT2D eigenvalue weighted by Crippen LogP contribution is -2.26. The largest absolute Gasteiger partial charge is 0.398 e. The molecule has 19 heavy (non-hydrogen) atoms. The Labute approximate surface area is 124 Å². The van der Waals surface area contributed by atoms with Crippen LogP contribution in [0.25, 0.3) is 0 Å². The molecule has 0 aliphatic heterocycles. The lowest BCUT2D eigenvalue weighted by Gasteiger charge is -2.15. The van der Waals surface area contributed by atoms with Gasteiger partial charge in [0.25, 0.3) is 10.0 Å². The first-order chi connectivity index (χ1) is 8.90. The number of rotatable bonds is 4. The monoisotopic (exact) mass is 360 g/mol. The van der Waals surface area contributed by atoms with Crippen LogP contribution in [0.2, 0.25) is 0 Å². The summed E-state index contributed by atoms with van der Waals surface area (Å²) in [6.45, 7) is 1.80. The van der Waals surface area contributed by atoms with Gasteiger partial charge in [-0.1, -0.05) is 34.1 Å². The average Bonchev–Trinajstić information content (AvgIpc) is 2.76. The minimum absolute atomic E-state index is 0.226. The van der Waals surface area contributed by atoms with Gasteiger partial charge in [-0.05, 0) is 24.6 Å². The van der Waals surface area contributed by atoms with Gasteiger partial charge >= 0.3 is 0 Å². The molecule has 2 rings (SSSR count). The number of benzene rings is 1. The lowest BCUT2D eigenvalue weighted by atomic mass is 10.1. The van der Waals surface area contributed by atoms with Gasteiger partial charge in [-0.25, -0.2) is 13.1 Å². The summed E-state index contributed by atoms with van der Waals surface area (Å²) < 4.78 is 28.1. The Kier molecular flexibility index (Phi) is 4.29. The zero-order valence-corrected chi connectivity index (χ0v) is 13.3. The molecule has 1 heterocycles. The van der Waals surface area contributed by atoms with Crippen molar-refractivity contribution in [3.63, 3.8) is 0 Å². The molecule has 102 valence electrons. The van der Waals surface area contributed by atoms with E-state index in [2.05, 4.69) is 20.7 Å². The molecular formula is C12H13BrN2O2S2.